The van der Waals surface area contributed by atoms with Crippen LogP contribution < -0.4 is 10.6 Å². The molecular formula is C19H26N4O2S. The maximum atomic E-state index is 12.3. The molecule has 1 saturated carbocycles. The zero-order chi connectivity index (χ0) is 18.4. The molecule has 0 bridgehead atoms. The third-order valence-electron chi connectivity index (χ3n) is 4.70. The van der Waals surface area contributed by atoms with E-state index in [2.05, 4.69) is 15.6 Å². The number of thiazole rings is 1. The first-order valence-corrected chi connectivity index (χ1v) is 10.1. The van der Waals surface area contributed by atoms with Gasteiger partial charge in [0.05, 0.1) is 16.8 Å². The Kier molecular flexibility index (Phi) is 6.44. The van der Waals surface area contributed by atoms with Crippen molar-refractivity contribution in [2.24, 2.45) is 0 Å². The van der Waals surface area contributed by atoms with Gasteiger partial charge in [0.2, 0.25) is 5.91 Å². The van der Waals surface area contributed by atoms with Crippen molar-refractivity contribution in [3.05, 3.63) is 29.3 Å². The Morgan fingerprint density at radius 1 is 1.23 bits per heavy atom. The van der Waals surface area contributed by atoms with E-state index >= 15 is 0 Å². The maximum absolute atomic E-state index is 12.3. The number of nitrogens with zero attached hydrogens (tertiary/aromatic N) is 2. The van der Waals surface area contributed by atoms with Crippen LogP contribution in [-0.4, -0.2) is 41.5 Å². The van der Waals surface area contributed by atoms with E-state index in [9.17, 15) is 9.59 Å². The summed E-state index contributed by atoms with van der Waals surface area (Å²) in [5, 5.41) is 6.71. The van der Waals surface area contributed by atoms with E-state index in [1.807, 2.05) is 24.3 Å². The third kappa shape index (κ3) is 5.17. The zero-order valence-corrected chi connectivity index (χ0v) is 16.0. The van der Waals surface area contributed by atoms with Gasteiger partial charge < -0.3 is 15.5 Å². The normalized spacial score (nSPS) is 15.0. The van der Waals surface area contributed by atoms with Crippen LogP contribution in [0.5, 0.6) is 0 Å². The van der Waals surface area contributed by atoms with Gasteiger partial charge in [0, 0.05) is 26.1 Å². The quantitative estimate of drug-likeness (QED) is 0.815. The Morgan fingerprint density at radius 2 is 2.00 bits per heavy atom. The van der Waals surface area contributed by atoms with Crippen LogP contribution in [0.3, 0.4) is 0 Å². The number of aromatic nitrogens is 1. The van der Waals surface area contributed by atoms with Gasteiger partial charge in [-0.2, -0.15) is 0 Å². The van der Waals surface area contributed by atoms with E-state index in [1.165, 1.54) is 19.3 Å². The number of hydrogen-bond acceptors (Lipinski definition) is 4. The minimum absolute atomic E-state index is 0.00206. The molecule has 0 atom stereocenters. The van der Waals surface area contributed by atoms with E-state index < -0.39 is 0 Å². The van der Waals surface area contributed by atoms with Crippen LogP contribution in [0.4, 0.5) is 4.79 Å². The molecule has 3 amide bonds. The van der Waals surface area contributed by atoms with E-state index in [1.54, 1.807) is 23.3 Å². The second kappa shape index (κ2) is 8.98. The highest BCUT2D eigenvalue weighted by atomic mass is 32.1. The fourth-order valence-electron chi connectivity index (χ4n) is 3.24. The predicted molar refractivity (Wildman–Crippen MR) is 104 cm³/mol. The number of hydrogen-bond donors (Lipinski definition) is 2. The van der Waals surface area contributed by atoms with Gasteiger partial charge in [-0.1, -0.05) is 31.4 Å². The van der Waals surface area contributed by atoms with Crippen molar-refractivity contribution >= 4 is 33.5 Å². The molecule has 1 fully saturated rings. The van der Waals surface area contributed by atoms with Crippen LogP contribution in [0.1, 0.15) is 43.5 Å². The Labute approximate surface area is 158 Å². The summed E-state index contributed by atoms with van der Waals surface area (Å²) in [6, 6.07) is 8.08. The Morgan fingerprint density at radius 3 is 2.77 bits per heavy atom. The van der Waals surface area contributed by atoms with Crippen molar-refractivity contribution in [3.63, 3.8) is 0 Å². The number of amides is 3. The second-order valence-electron chi connectivity index (χ2n) is 6.81. The molecule has 26 heavy (non-hydrogen) atoms. The van der Waals surface area contributed by atoms with Crippen LogP contribution in [0.2, 0.25) is 0 Å². The minimum Gasteiger partial charge on any atom is -0.339 e. The van der Waals surface area contributed by atoms with E-state index in [4.69, 9.17) is 0 Å². The molecule has 6 nitrogen and oxygen atoms in total. The number of nitrogens with one attached hydrogen (secondary N) is 2. The van der Waals surface area contributed by atoms with E-state index in [0.29, 0.717) is 19.5 Å². The number of rotatable bonds is 6. The van der Waals surface area contributed by atoms with Crippen molar-refractivity contribution in [2.45, 2.75) is 51.1 Å². The zero-order valence-electron chi connectivity index (χ0n) is 15.2. The van der Waals surface area contributed by atoms with E-state index in [0.717, 1.165) is 28.1 Å². The molecule has 1 heterocycles. The Balaban J connectivity index is 1.39. The van der Waals surface area contributed by atoms with Crippen molar-refractivity contribution in [2.75, 3.05) is 13.6 Å². The SMILES string of the molecule is CN(Cc1nc2ccccc2s1)C(=O)CCNC(=O)NC1CCCCC1. The molecule has 0 radical (unpaired) electrons. The van der Waals surface area contributed by atoms with Gasteiger partial charge in [-0.3, -0.25) is 4.79 Å². The van der Waals surface area contributed by atoms with Crippen LogP contribution in [0.15, 0.2) is 24.3 Å². The first-order valence-electron chi connectivity index (χ1n) is 9.24. The Hall–Kier alpha value is -2.15. The second-order valence-corrected chi connectivity index (χ2v) is 7.93. The molecule has 1 aromatic carbocycles. The number of carbonyl (C=O) groups is 2. The van der Waals surface area contributed by atoms with Gasteiger partial charge in [0.15, 0.2) is 0 Å². The predicted octanol–water partition coefficient (Wildman–Crippen LogP) is 3.28. The van der Waals surface area contributed by atoms with E-state index in [-0.39, 0.29) is 18.0 Å². The molecule has 2 N–H and O–H groups in total. The molecule has 0 spiro atoms. The van der Waals surface area contributed by atoms with Gasteiger partial charge in [0.1, 0.15) is 5.01 Å². The first kappa shape index (κ1) is 18.6. The van der Waals surface area contributed by atoms with Crippen LogP contribution in [0.25, 0.3) is 10.2 Å². The summed E-state index contributed by atoms with van der Waals surface area (Å²) in [5.74, 6) is 0.00206. The summed E-state index contributed by atoms with van der Waals surface area (Å²) in [6.07, 6.45) is 6.02. The summed E-state index contributed by atoms with van der Waals surface area (Å²) in [4.78, 5) is 30.4. The lowest BCUT2D eigenvalue weighted by atomic mass is 9.96. The van der Waals surface area contributed by atoms with Gasteiger partial charge in [-0.25, -0.2) is 9.78 Å². The van der Waals surface area contributed by atoms with Crippen LogP contribution in [-0.2, 0) is 11.3 Å². The lowest BCUT2D eigenvalue weighted by molar-refractivity contribution is -0.130. The highest BCUT2D eigenvalue weighted by Gasteiger charge is 2.16. The summed E-state index contributed by atoms with van der Waals surface area (Å²) >= 11 is 1.61. The van der Waals surface area contributed by atoms with Gasteiger partial charge in [0.25, 0.3) is 0 Å². The summed E-state index contributed by atoms with van der Waals surface area (Å²) in [5.41, 5.74) is 0.967. The molecule has 3 rings (SSSR count). The van der Waals surface area contributed by atoms with Gasteiger partial charge in [-0.15, -0.1) is 11.3 Å². The van der Waals surface area contributed by atoms with Crippen molar-refractivity contribution < 1.29 is 9.59 Å². The average Bonchev–Trinajstić information content (AvgIpc) is 3.04. The molecule has 140 valence electrons. The van der Waals surface area contributed by atoms with Crippen LogP contribution in [0, 0.1) is 0 Å². The monoisotopic (exact) mass is 374 g/mol. The highest BCUT2D eigenvalue weighted by molar-refractivity contribution is 7.18. The molecule has 0 unspecified atom stereocenters. The summed E-state index contributed by atoms with van der Waals surface area (Å²) in [6.45, 7) is 0.841. The maximum Gasteiger partial charge on any atom is 0.315 e. The molecule has 1 aliphatic carbocycles. The van der Waals surface area contributed by atoms with Gasteiger partial charge in [-0.05, 0) is 25.0 Å². The van der Waals surface area contributed by atoms with Crippen molar-refractivity contribution in [1.29, 1.82) is 0 Å². The fraction of sp³-hybridized carbons (Fsp3) is 0.526. The lowest BCUT2D eigenvalue weighted by Crippen LogP contribution is -2.43. The van der Waals surface area contributed by atoms with Crippen LogP contribution >= 0.6 is 11.3 Å². The summed E-state index contributed by atoms with van der Waals surface area (Å²) < 4.78 is 1.13. The number of urea groups is 1. The van der Waals surface area contributed by atoms with Crippen molar-refractivity contribution in [1.82, 2.24) is 20.5 Å². The summed E-state index contributed by atoms with van der Waals surface area (Å²) in [7, 11) is 1.77. The standard InChI is InChI=1S/C19H26N4O2S/c1-23(13-17-22-15-9-5-6-10-16(15)26-17)18(24)11-12-20-19(25)21-14-7-3-2-4-8-14/h5-6,9-10,14H,2-4,7-8,11-13H2,1H3,(H2,20,21,25). The number of para-hydroxylation sites is 1. The molecular weight excluding hydrogens is 348 g/mol. The number of benzene rings is 1. The number of carbonyl (C=O) groups excluding carboxylic acids is 2. The Bertz CT molecular complexity index is 722. The molecule has 1 aromatic heterocycles. The molecule has 7 heteroatoms. The van der Waals surface area contributed by atoms with Crippen molar-refractivity contribution in [3.8, 4) is 0 Å². The third-order valence-corrected chi connectivity index (χ3v) is 5.72. The molecule has 1 aliphatic rings. The number of fused-ring (bicyclic) bond motifs is 1. The minimum atomic E-state index is -0.168. The average molecular weight is 375 g/mol. The first-order chi connectivity index (χ1) is 12.6. The van der Waals surface area contributed by atoms with Gasteiger partial charge >= 0.3 is 6.03 Å². The molecule has 0 aliphatic heterocycles. The lowest BCUT2D eigenvalue weighted by Gasteiger charge is -2.23. The topological polar surface area (TPSA) is 74.3 Å². The largest absolute Gasteiger partial charge is 0.339 e. The highest BCUT2D eigenvalue weighted by Crippen LogP contribution is 2.22. The smallest absolute Gasteiger partial charge is 0.315 e. The fourth-order valence-corrected chi connectivity index (χ4v) is 4.26. The molecule has 0 saturated heterocycles. The molecule has 2 aromatic rings.